The molecule has 2 rings (SSSR count). The lowest BCUT2D eigenvalue weighted by atomic mass is 9.84. The van der Waals surface area contributed by atoms with Crippen molar-refractivity contribution in [3.8, 4) is 0 Å². The van der Waals surface area contributed by atoms with E-state index in [-0.39, 0.29) is 17.0 Å². The summed E-state index contributed by atoms with van der Waals surface area (Å²) in [6.45, 7) is 4.83. The van der Waals surface area contributed by atoms with E-state index in [1.807, 2.05) is 13.8 Å². The Labute approximate surface area is 127 Å². The fourth-order valence-electron chi connectivity index (χ4n) is 3.21. The second-order valence-electron chi connectivity index (χ2n) is 5.60. The molecule has 1 saturated carbocycles. The lowest BCUT2D eigenvalue weighted by Gasteiger charge is -2.37. The maximum Gasteiger partial charge on any atom is 0.260 e. The molecule has 120 valence electrons. The summed E-state index contributed by atoms with van der Waals surface area (Å²) in [7, 11) is -3.52. The van der Waals surface area contributed by atoms with E-state index in [0.29, 0.717) is 25.3 Å². The number of aryl methyl sites for hydroxylation is 1. The molecule has 1 aromatic rings. The van der Waals surface area contributed by atoms with Gasteiger partial charge < -0.3 is 10.7 Å². The van der Waals surface area contributed by atoms with Gasteiger partial charge in [-0.05, 0) is 25.3 Å². The lowest BCUT2D eigenvalue weighted by Crippen LogP contribution is -2.47. The number of rotatable bonds is 6. The third kappa shape index (κ3) is 3.30. The molecule has 2 atom stereocenters. The maximum absolute atomic E-state index is 12.9. The Morgan fingerprint density at radius 3 is 2.67 bits per heavy atom. The average molecular weight is 314 g/mol. The molecule has 2 unspecified atom stereocenters. The van der Waals surface area contributed by atoms with Crippen LogP contribution in [-0.4, -0.2) is 41.8 Å². The average Bonchev–Trinajstić information content (AvgIpc) is 2.98. The summed E-state index contributed by atoms with van der Waals surface area (Å²) in [5, 5.41) is 0.197. The summed E-state index contributed by atoms with van der Waals surface area (Å²) in [6.07, 6.45) is 6.23. The highest BCUT2D eigenvalue weighted by atomic mass is 32.2. The van der Waals surface area contributed by atoms with E-state index >= 15 is 0 Å². The first-order chi connectivity index (χ1) is 10.0. The zero-order chi connectivity index (χ0) is 15.5. The van der Waals surface area contributed by atoms with Gasteiger partial charge in [0.1, 0.15) is 5.82 Å². The molecule has 0 aromatic carbocycles. The highest BCUT2D eigenvalue weighted by Gasteiger charge is 2.36. The van der Waals surface area contributed by atoms with Gasteiger partial charge in [0.25, 0.3) is 10.0 Å². The normalized spacial score (nSPS) is 23.6. The maximum atomic E-state index is 12.9. The van der Waals surface area contributed by atoms with Crippen LogP contribution < -0.4 is 5.73 Å². The van der Waals surface area contributed by atoms with Crippen LogP contribution in [0.1, 0.15) is 45.4 Å². The van der Waals surface area contributed by atoms with Gasteiger partial charge in [-0.1, -0.05) is 26.7 Å². The van der Waals surface area contributed by atoms with Crippen LogP contribution in [0.3, 0.4) is 0 Å². The standard InChI is InChI=1S/C14H26N4O2S/c1-3-13-16-10-14(17-13)21(19,20)18(4-2)12-8-6-5-7-11(12)9-15/h10-12H,3-9,15H2,1-2H3,(H,16,17). The van der Waals surface area contributed by atoms with Crippen LogP contribution in [0, 0.1) is 5.92 Å². The van der Waals surface area contributed by atoms with Gasteiger partial charge in [0.15, 0.2) is 5.03 Å². The van der Waals surface area contributed by atoms with Gasteiger partial charge in [-0.25, -0.2) is 13.4 Å². The van der Waals surface area contributed by atoms with E-state index in [1.165, 1.54) is 6.20 Å². The highest BCUT2D eigenvalue weighted by Crippen LogP contribution is 2.31. The molecule has 0 radical (unpaired) electrons. The van der Waals surface area contributed by atoms with Crippen molar-refractivity contribution in [1.29, 1.82) is 0 Å². The van der Waals surface area contributed by atoms with E-state index in [9.17, 15) is 8.42 Å². The summed E-state index contributed by atoms with van der Waals surface area (Å²) in [4.78, 5) is 7.03. The highest BCUT2D eigenvalue weighted by molar-refractivity contribution is 7.89. The number of H-pyrrole nitrogens is 1. The molecule has 6 nitrogen and oxygen atoms in total. The molecule has 0 spiro atoms. The zero-order valence-electron chi connectivity index (χ0n) is 12.9. The molecule has 3 N–H and O–H groups in total. The van der Waals surface area contributed by atoms with Crippen molar-refractivity contribution in [2.45, 2.75) is 57.0 Å². The molecular formula is C14H26N4O2S. The van der Waals surface area contributed by atoms with Gasteiger partial charge in [-0.3, -0.25) is 0 Å². The van der Waals surface area contributed by atoms with E-state index in [1.54, 1.807) is 4.31 Å². The van der Waals surface area contributed by atoms with Crippen LogP contribution in [0.4, 0.5) is 0 Å². The van der Waals surface area contributed by atoms with Crippen molar-refractivity contribution in [3.63, 3.8) is 0 Å². The third-order valence-corrected chi connectivity index (χ3v) is 6.29. The number of aromatic amines is 1. The summed E-state index contributed by atoms with van der Waals surface area (Å²) in [5.74, 6) is 0.950. The molecule has 7 heteroatoms. The molecule has 1 fully saturated rings. The fourth-order valence-corrected chi connectivity index (χ4v) is 4.86. The molecule has 0 saturated heterocycles. The Hall–Kier alpha value is -0.920. The predicted octanol–water partition coefficient (Wildman–Crippen LogP) is 1.50. The van der Waals surface area contributed by atoms with Crippen LogP contribution in [0.5, 0.6) is 0 Å². The lowest BCUT2D eigenvalue weighted by molar-refractivity contribution is 0.187. The number of imidazole rings is 1. The minimum absolute atomic E-state index is 0.00660. The van der Waals surface area contributed by atoms with Crippen LogP contribution in [0.25, 0.3) is 0 Å². The van der Waals surface area contributed by atoms with Gasteiger partial charge in [-0.2, -0.15) is 4.31 Å². The number of nitrogens with zero attached hydrogens (tertiary/aromatic N) is 2. The molecule has 1 heterocycles. The van der Waals surface area contributed by atoms with E-state index in [2.05, 4.69) is 9.97 Å². The van der Waals surface area contributed by atoms with Crippen molar-refractivity contribution in [2.24, 2.45) is 11.7 Å². The van der Waals surface area contributed by atoms with Crippen molar-refractivity contribution >= 4 is 10.0 Å². The van der Waals surface area contributed by atoms with Crippen LogP contribution in [0.15, 0.2) is 11.2 Å². The minimum atomic E-state index is -3.52. The Morgan fingerprint density at radius 2 is 2.10 bits per heavy atom. The molecule has 1 aliphatic carbocycles. The van der Waals surface area contributed by atoms with Crippen molar-refractivity contribution < 1.29 is 8.42 Å². The van der Waals surface area contributed by atoms with E-state index in [0.717, 1.165) is 25.7 Å². The van der Waals surface area contributed by atoms with Gasteiger partial charge in [-0.15, -0.1) is 0 Å². The Balaban J connectivity index is 2.30. The largest absolute Gasteiger partial charge is 0.332 e. The number of hydrogen-bond donors (Lipinski definition) is 2. The number of hydrogen-bond acceptors (Lipinski definition) is 4. The van der Waals surface area contributed by atoms with Gasteiger partial charge in [0.2, 0.25) is 0 Å². The first-order valence-corrected chi connectivity index (χ1v) is 9.24. The smallest absolute Gasteiger partial charge is 0.260 e. The predicted molar refractivity (Wildman–Crippen MR) is 82.3 cm³/mol. The van der Waals surface area contributed by atoms with Crippen LogP contribution >= 0.6 is 0 Å². The van der Waals surface area contributed by atoms with Crippen LogP contribution in [0.2, 0.25) is 0 Å². The van der Waals surface area contributed by atoms with Crippen molar-refractivity contribution in [2.75, 3.05) is 13.1 Å². The number of aromatic nitrogens is 2. The first-order valence-electron chi connectivity index (χ1n) is 7.80. The van der Waals surface area contributed by atoms with Gasteiger partial charge in [0, 0.05) is 19.0 Å². The fraction of sp³-hybridized carbons (Fsp3) is 0.786. The third-order valence-electron chi connectivity index (χ3n) is 4.38. The Bertz CT molecular complexity index is 555. The van der Waals surface area contributed by atoms with Crippen molar-refractivity contribution in [1.82, 2.24) is 14.3 Å². The SMILES string of the molecule is CCc1ncc(S(=O)(=O)N(CC)C2CCCCC2CN)[nH]1. The Morgan fingerprint density at radius 1 is 1.38 bits per heavy atom. The molecule has 0 amide bonds. The summed E-state index contributed by atoms with van der Waals surface area (Å²) in [5.41, 5.74) is 5.85. The van der Waals surface area contributed by atoms with Gasteiger partial charge in [0.05, 0.1) is 6.20 Å². The molecule has 21 heavy (non-hydrogen) atoms. The molecule has 1 aliphatic rings. The quantitative estimate of drug-likeness (QED) is 0.832. The summed E-state index contributed by atoms with van der Waals surface area (Å²) < 4.78 is 27.3. The molecular weight excluding hydrogens is 288 g/mol. The molecule has 0 aliphatic heterocycles. The second kappa shape index (κ2) is 6.89. The monoisotopic (exact) mass is 314 g/mol. The van der Waals surface area contributed by atoms with E-state index < -0.39 is 10.0 Å². The summed E-state index contributed by atoms with van der Waals surface area (Å²) in [6, 6.07) is 0.00660. The van der Waals surface area contributed by atoms with Gasteiger partial charge >= 0.3 is 0 Å². The molecule has 1 aromatic heterocycles. The number of nitrogens with one attached hydrogen (secondary N) is 1. The number of nitrogens with two attached hydrogens (primary N) is 1. The first kappa shape index (κ1) is 16.5. The summed E-state index contributed by atoms with van der Waals surface area (Å²) >= 11 is 0. The van der Waals surface area contributed by atoms with Crippen molar-refractivity contribution in [3.05, 3.63) is 12.0 Å². The molecule has 0 bridgehead atoms. The Kier molecular flexibility index (Phi) is 5.40. The minimum Gasteiger partial charge on any atom is -0.332 e. The van der Waals surface area contributed by atoms with E-state index in [4.69, 9.17) is 5.73 Å². The zero-order valence-corrected chi connectivity index (χ0v) is 13.7. The van der Waals surface area contributed by atoms with Crippen LogP contribution in [-0.2, 0) is 16.4 Å². The second-order valence-corrected chi connectivity index (χ2v) is 7.46. The number of sulfonamides is 1. The topological polar surface area (TPSA) is 92.1 Å².